The maximum atomic E-state index is 11.8. The number of ether oxygens (including phenoxy) is 1. The van der Waals surface area contributed by atoms with E-state index in [0.29, 0.717) is 11.3 Å². The number of nitrogens with zero attached hydrogens (tertiary/aromatic N) is 1. The fraction of sp³-hybridized carbons (Fsp3) is 0. The standard InChI is InChI=1S/C12H8N2O2S2/c15-12(8-3-4-17-6-8)16-9-1-2-10-11(5-9)18-14-7-13-10/h1-7H,(H,13,14). The van der Waals surface area contributed by atoms with Crippen LogP contribution in [0.4, 0.5) is 5.69 Å². The topological polar surface area (TPSA) is 50.7 Å². The lowest BCUT2D eigenvalue weighted by atomic mass is 10.3. The highest BCUT2D eigenvalue weighted by Gasteiger charge is 2.12. The fourth-order valence-corrected chi connectivity index (χ4v) is 2.74. The molecule has 0 radical (unpaired) electrons. The number of benzene rings is 1. The summed E-state index contributed by atoms with van der Waals surface area (Å²) in [6, 6.07) is 7.11. The number of thiophene rings is 1. The molecule has 4 nitrogen and oxygen atoms in total. The van der Waals surface area contributed by atoms with Gasteiger partial charge in [-0.3, -0.25) is 0 Å². The zero-order chi connectivity index (χ0) is 12.4. The van der Waals surface area contributed by atoms with Crippen LogP contribution in [0.2, 0.25) is 0 Å². The van der Waals surface area contributed by atoms with Crippen molar-refractivity contribution in [2.45, 2.75) is 4.90 Å². The summed E-state index contributed by atoms with van der Waals surface area (Å²) in [7, 11) is 0. The second kappa shape index (κ2) is 4.83. The fourth-order valence-electron chi connectivity index (χ4n) is 1.48. The molecule has 6 heteroatoms. The van der Waals surface area contributed by atoms with Crippen LogP contribution in [0.1, 0.15) is 10.4 Å². The molecular formula is C12H8N2O2S2. The van der Waals surface area contributed by atoms with Crippen LogP contribution in [0.15, 0.2) is 44.9 Å². The number of nitrogens with one attached hydrogen (secondary N) is 1. The van der Waals surface area contributed by atoms with Crippen molar-refractivity contribution in [1.29, 1.82) is 0 Å². The van der Waals surface area contributed by atoms with Crippen molar-refractivity contribution in [3.8, 4) is 5.75 Å². The van der Waals surface area contributed by atoms with Gasteiger partial charge < -0.3 is 9.46 Å². The number of esters is 1. The summed E-state index contributed by atoms with van der Waals surface area (Å²) in [6.45, 7) is 0. The van der Waals surface area contributed by atoms with E-state index in [0.717, 1.165) is 10.6 Å². The Morgan fingerprint density at radius 1 is 1.33 bits per heavy atom. The van der Waals surface area contributed by atoms with E-state index in [1.165, 1.54) is 23.3 Å². The molecule has 0 saturated heterocycles. The number of hydrogen-bond donors (Lipinski definition) is 1. The number of hydrogen-bond acceptors (Lipinski definition) is 6. The lowest BCUT2D eigenvalue weighted by Gasteiger charge is -2.11. The van der Waals surface area contributed by atoms with Crippen LogP contribution < -0.4 is 9.46 Å². The molecule has 0 saturated carbocycles. The Morgan fingerprint density at radius 3 is 3.11 bits per heavy atom. The maximum absolute atomic E-state index is 11.8. The average molecular weight is 276 g/mol. The van der Waals surface area contributed by atoms with Crippen LogP contribution in [-0.2, 0) is 0 Å². The van der Waals surface area contributed by atoms with Gasteiger partial charge >= 0.3 is 5.97 Å². The summed E-state index contributed by atoms with van der Waals surface area (Å²) < 4.78 is 8.23. The molecule has 0 aliphatic carbocycles. The molecule has 2 aromatic rings. The van der Waals surface area contributed by atoms with E-state index in [4.69, 9.17) is 4.74 Å². The van der Waals surface area contributed by atoms with Crippen molar-refractivity contribution in [2.75, 3.05) is 0 Å². The van der Waals surface area contributed by atoms with Crippen molar-refractivity contribution in [2.24, 2.45) is 4.99 Å². The third-order valence-corrected chi connectivity index (χ3v) is 3.78. The molecule has 1 N–H and O–H groups in total. The molecule has 1 aromatic heterocycles. The Balaban J connectivity index is 1.81. The Hall–Kier alpha value is -1.79. The van der Waals surface area contributed by atoms with Gasteiger partial charge in [0, 0.05) is 5.38 Å². The monoisotopic (exact) mass is 276 g/mol. The van der Waals surface area contributed by atoms with E-state index in [1.54, 1.807) is 29.9 Å². The molecule has 3 rings (SSSR count). The molecule has 0 atom stereocenters. The molecule has 1 aromatic carbocycles. The first-order chi connectivity index (χ1) is 8.83. The molecular weight excluding hydrogens is 268 g/mol. The minimum Gasteiger partial charge on any atom is -0.423 e. The highest BCUT2D eigenvalue weighted by Crippen LogP contribution is 2.33. The van der Waals surface area contributed by atoms with E-state index in [1.807, 2.05) is 11.4 Å². The molecule has 0 bridgehead atoms. The maximum Gasteiger partial charge on any atom is 0.344 e. The first-order valence-electron chi connectivity index (χ1n) is 5.16. The lowest BCUT2D eigenvalue weighted by Crippen LogP contribution is -2.08. The molecule has 0 fully saturated rings. The number of carbonyl (C=O) groups excluding carboxylic acids is 1. The quantitative estimate of drug-likeness (QED) is 0.520. The van der Waals surface area contributed by atoms with Gasteiger partial charge in [-0.2, -0.15) is 11.3 Å². The van der Waals surface area contributed by atoms with E-state index in [2.05, 4.69) is 9.71 Å². The van der Waals surface area contributed by atoms with Gasteiger partial charge in [-0.25, -0.2) is 9.79 Å². The second-order valence-electron chi connectivity index (χ2n) is 3.51. The minimum atomic E-state index is -0.339. The van der Waals surface area contributed by atoms with Crippen LogP contribution in [0, 0.1) is 0 Å². The molecule has 2 heterocycles. The zero-order valence-corrected chi connectivity index (χ0v) is 10.8. The smallest absolute Gasteiger partial charge is 0.344 e. The first-order valence-corrected chi connectivity index (χ1v) is 6.92. The lowest BCUT2D eigenvalue weighted by molar-refractivity contribution is 0.0735. The largest absolute Gasteiger partial charge is 0.423 e. The molecule has 1 aliphatic heterocycles. The van der Waals surface area contributed by atoms with Crippen LogP contribution in [0.5, 0.6) is 5.75 Å². The van der Waals surface area contributed by atoms with Gasteiger partial charge in [0.1, 0.15) is 5.75 Å². The van der Waals surface area contributed by atoms with Crippen molar-refractivity contribution >= 4 is 41.3 Å². The van der Waals surface area contributed by atoms with Crippen LogP contribution in [0.3, 0.4) is 0 Å². The van der Waals surface area contributed by atoms with Crippen LogP contribution in [-0.4, -0.2) is 12.3 Å². The van der Waals surface area contributed by atoms with Crippen molar-refractivity contribution in [3.63, 3.8) is 0 Å². The van der Waals surface area contributed by atoms with Gasteiger partial charge in [0.25, 0.3) is 0 Å². The Bertz CT molecular complexity index is 609. The Morgan fingerprint density at radius 2 is 2.28 bits per heavy atom. The predicted molar refractivity (Wildman–Crippen MR) is 72.9 cm³/mol. The van der Waals surface area contributed by atoms with E-state index in [-0.39, 0.29) is 5.97 Å². The van der Waals surface area contributed by atoms with E-state index < -0.39 is 0 Å². The average Bonchev–Trinajstić information content (AvgIpc) is 2.92. The second-order valence-corrected chi connectivity index (χ2v) is 5.17. The predicted octanol–water partition coefficient (Wildman–Crippen LogP) is 3.24. The molecule has 1 aliphatic rings. The van der Waals surface area contributed by atoms with Crippen LogP contribution in [0.25, 0.3) is 0 Å². The Kier molecular flexibility index (Phi) is 3.04. The number of fused-ring (bicyclic) bond motifs is 1. The van der Waals surface area contributed by atoms with Crippen molar-refractivity contribution in [1.82, 2.24) is 4.72 Å². The third kappa shape index (κ3) is 2.25. The summed E-state index contributed by atoms with van der Waals surface area (Å²) in [5.74, 6) is 0.185. The molecule has 18 heavy (non-hydrogen) atoms. The van der Waals surface area contributed by atoms with Gasteiger partial charge in [0.2, 0.25) is 0 Å². The minimum absolute atomic E-state index is 0.339. The normalized spacial score (nSPS) is 12.7. The van der Waals surface area contributed by atoms with E-state index in [9.17, 15) is 4.79 Å². The van der Waals surface area contributed by atoms with E-state index >= 15 is 0 Å². The van der Waals surface area contributed by atoms with Gasteiger partial charge in [0.15, 0.2) is 0 Å². The van der Waals surface area contributed by atoms with Gasteiger partial charge in [0.05, 0.1) is 22.5 Å². The molecule has 0 unspecified atom stereocenters. The summed E-state index contributed by atoms with van der Waals surface area (Å²) in [6.07, 6.45) is 1.63. The third-order valence-electron chi connectivity index (χ3n) is 2.32. The summed E-state index contributed by atoms with van der Waals surface area (Å²) in [5, 5.41) is 3.61. The van der Waals surface area contributed by atoms with Crippen LogP contribution >= 0.6 is 23.3 Å². The first kappa shape index (κ1) is 11.3. The summed E-state index contributed by atoms with van der Waals surface area (Å²) in [4.78, 5) is 16.9. The van der Waals surface area contributed by atoms with Gasteiger partial charge in [-0.05, 0) is 41.6 Å². The zero-order valence-electron chi connectivity index (χ0n) is 9.12. The van der Waals surface area contributed by atoms with Crippen molar-refractivity contribution < 1.29 is 9.53 Å². The molecule has 0 amide bonds. The highest BCUT2D eigenvalue weighted by atomic mass is 32.2. The summed E-state index contributed by atoms with van der Waals surface area (Å²) >= 11 is 2.91. The van der Waals surface area contributed by atoms with Crippen molar-refractivity contribution in [3.05, 3.63) is 40.6 Å². The SMILES string of the molecule is O=C(Oc1ccc2c(c1)SNC=N2)c1ccsc1. The van der Waals surface area contributed by atoms with Gasteiger partial charge in [-0.1, -0.05) is 0 Å². The molecule has 0 spiro atoms. The highest BCUT2D eigenvalue weighted by molar-refractivity contribution is 7.98. The molecule has 90 valence electrons. The Labute approximate surface area is 112 Å². The number of carbonyl (C=O) groups is 1. The summed E-state index contributed by atoms with van der Waals surface area (Å²) in [5.41, 5.74) is 1.44. The number of rotatable bonds is 2. The number of aliphatic imine (C=N–C) groups is 1. The van der Waals surface area contributed by atoms with Gasteiger partial charge in [-0.15, -0.1) is 0 Å².